The maximum atomic E-state index is 14.4. The molecule has 7 nitrogen and oxygen atoms in total. The fourth-order valence-corrected chi connectivity index (χ4v) is 5.59. The van der Waals surface area contributed by atoms with Crippen LogP contribution in [0.4, 0.5) is 27.6 Å². The third-order valence-electron chi connectivity index (χ3n) is 7.22. The Balaban J connectivity index is 1.52. The van der Waals surface area contributed by atoms with Crippen LogP contribution in [0.25, 0.3) is 10.9 Å². The minimum Gasteiger partial charge on any atom is -0.433 e. The highest BCUT2D eigenvalue weighted by Gasteiger charge is 2.41. The third-order valence-corrected chi connectivity index (χ3v) is 7.22. The number of likely N-dealkylation sites (tertiary alicyclic amines) is 1. The molecule has 2 N–H and O–H groups in total. The fourth-order valence-electron chi connectivity index (χ4n) is 5.59. The van der Waals surface area contributed by atoms with Crippen molar-refractivity contribution in [1.29, 1.82) is 0 Å². The largest absolute Gasteiger partial charge is 0.433 e. The molecule has 12 heteroatoms. The standard InChI is InChI=1S/C26H31F5N6O/c1-15-8-19-18(4-5-21-20(19)11-33-35-21)24(37(15)14-26(2,30)31)23-22(38-25(28)29)9-16(10-32-23)34-17-12-36(13-17)7-3-6-27/h4-5,9-11,15,17,24-25,34H,3,6-8,12-14H2,1-2H3,(H,33,35)/t15-,24+/m1/s1. The van der Waals surface area contributed by atoms with E-state index in [2.05, 4.69) is 25.4 Å². The van der Waals surface area contributed by atoms with Crippen LogP contribution < -0.4 is 10.1 Å². The van der Waals surface area contributed by atoms with Crippen LogP contribution in [-0.4, -0.2) is 82.5 Å². The average Bonchev–Trinajstić information content (AvgIpc) is 3.30. The molecule has 2 atom stereocenters. The minimum absolute atomic E-state index is 0.0572. The predicted octanol–water partition coefficient (Wildman–Crippen LogP) is 5.01. The average molecular weight is 539 g/mol. The molecule has 1 saturated heterocycles. The van der Waals surface area contributed by atoms with E-state index in [1.165, 1.54) is 12.3 Å². The van der Waals surface area contributed by atoms with Gasteiger partial charge in [-0.3, -0.25) is 24.3 Å². The Bertz CT molecular complexity index is 1260. The van der Waals surface area contributed by atoms with Gasteiger partial charge in [-0.2, -0.15) is 13.9 Å². The number of alkyl halides is 5. The molecule has 0 amide bonds. The van der Waals surface area contributed by atoms with E-state index in [1.54, 1.807) is 17.2 Å². The molecule has 2 aromatic heterocycles. The van der Waals surface area contributed by atoms with E-state index >= 15 is 0 Å². The Morgan fingerprint density at radius 3 is 2.74 bits per heavy atom. The van der Waals surface area contributed by atoms with Gasteiger partial charge in [0, 0.05) is 44.1 Å². The van der Waals surface area contributed by atoms with Crippen molar-refractivity contribution in [2.24, 2.45) is 0 Å². The van der Waals surface area contributed by atoms with Crippen molar-refractivity contribution in [1.82, 2.24) is 25.0 Å². The zero-order valence-electron chi connectivity index (χ0n) is 21.2. The lowest BCUT2D eigenvalue weighted by atomic mass is 9.84. The van der Waals surface area contributed by atoms with Crippen LogP contribution >= 0.6 is 0 Å². The first-order valence-electron chi connectivity index (χ1n) is 12.7. The number of hydrogen-bond acceptors (Lipinski definition) is 6. The van der Waals surface area contributed by atoms with Gasteiger partial charge in [0.05, 0.1) is 48.9 Å². The van der Waals surface area contributed by atoms with Crippen molar-refractivity contribution >= 4 is 16.6 Å². The third kappa shape index (κ3) is 5.56. The number of pyridine rings is 1. The smallest absolute Gasteiger partial charge is 0.387 e. The summed E-state index contributed by atoms with van der Waals surface area (Å²) in [5.74, 6) is -3.19. The zero-order valence-corrected chi connectivity index (χ0v) is 21.2. The number of hydrogen-bond donors (Lipinski definition) is 2. The highest BCUT2D eigenvalue weighted by Crippen LogP contribution is 2.44. The molecule has 0 saturated carbocycles. The predicted molar refractivity (Wildman–Crippen MR) is 134 cm³/mol. The molecule has 0 spiro atoms. The van der Waals surface area contributed by atoms with Crippen molar-refractivity contribution in [3.8, 4) is 5.75 Å². The molecule has 0 unspecified atom stereocenters. The molecule has 2 aliphatic rings. The molecule has 0 radical (unpaired) electrons. The molecule has 38 heavy (non-hydrogen) atoms. The summed E-state index contributed by atoms with van der Waals surface area (Å²) in [6, 6.07) is 3.97. The van der Waals surface area contributed by atoms with Crippen LogP contribution in [0.5, 0.6) is 5.75 Å². The summed E-state index contributed by atoms with van der Waals surface area (Å²) >= 11 is 0. The Hall–Kier alpha value is -2.99. The zero-order chi connectivity index (χ0) is 27.0. The molecule has 3 aromatic rings. The first-order chi connectivity index (χ1) is 18.1. The second kappa shape index (κ2) is 10.6. The summed E-state index contributed by atoms with van der Waals surface area (Å²) < 4.78 is 73.2. The van der Waals surface area contributed by atoms with Crippen LogP contribution in [0, 0.1) is 0 Å². The van der Waals surface area contributed by atoms with Crippen LogP contribution in [0.3, 0.4) is 0 Å². The Kier molecular flexibility index (Phi) is 7.45. The number of rotatable bonds is 10. The van der Waals surface area contributed by atoms with Crippen molar-refractivity contribution in [2.45, 2.75) is 57.3 Å². The Morgan fingerprint density at radius 2 is 2.03 bits per heavy atom. The van der Waals surface area contributed by atoms with E-state index in [-0.39, 0.29) is 30.2 Å². The van der Waals surface area contributed by atoms with Crippen LogP contribution in [0.1, 0.15) is 43.1 Å². The fraction of sp³-hybridized carbons (Fsp3) is 0.538. The summed E-state index contributed by atoms with van der Waals surface area (Å²) in [5.41, 5.74) is 3.06. The number of aromatic nitrogens is 3. The molecule has 206 valence electrons. The monoisotopic (exact) mass is 538 g/mol. The number of nitrogens with one attached hydrogen (secondary N) is 2. The summed E-state index contributed by atoms with van der Waals surface area (Å²) in [7, 11) is 0. The number of H-pyrrole nitrogens is 1. The molecular weight excluding hydrogens is 507 g/mol. The number of aromatic amines is 1. The second-order valence-electron chi connectivity index (χ2n) is 10.3. The van der Waals surface area contributed by atoms with Crippen LogP contribution in [0.15, 0.2) is 30.6 Å². The number of halogens is 5. The molecule has 5 rings (SSSR count). The molecule has 4 heterocycles. The molecule has 0 aliphatic carbocycles. The van der Waals surface area contributed by atoms with Gasteiger partial charge in [-0.05, 0) is 37.0 Å². The molecule has 0 bridgehead atoms. The first-order valence-corrected chi connectivity index (χ1v) is 12.7. The van der Waals surface area contributed by atoms with E-state index in [4.69, 9.17) is 4.74 Å². The SMILES string of the molecule is C[C@@H]1Cc2c(ccc3[nH]ncc23)[C@@H](c2ncc(NC3CN(CCCF)C3)cc2OC(F)F)N1CC(C)(F)F. The van der Waals surface area contributed by atoms with Crippen LogP contribution in [-0.2, 0) is 6.42 Å². The topological polar surface area (TPSA) is 69.3 Å². The molecule has 1 fully saturated rings. The van der Waals surface area contributed by atoms with Gasteiger partial charge in [0.15, 0.2) is 5.75 Å². The van der Waals surface area contributed by atoms with Gasteiger partial charge in [-0.25, -0.2) is 8.78 Å². The molecule has 1 aromatic carbocycles. The quantitative estimate of drug-likeness (QED) is 0.354. The van der Waals surface area contributed by atoms with Crippen molar-refractivity contribution < 1.29 is 26.7 Å². The van der Waals surface area contributed by atoms with E-state index < -0.39 is 25.1 Å². The lowest BCUT2D eigenvalue weighted by Crippen LogP contribution is -2.54. The maximum Gasteiger partial charge on any atom is 0.387 e. The summed E-state index contributed by atoms with van der Waals surface area (Å²) in [6.07, 6.45) is 4.17. The van der Waals surface area contributed by atoms with Gasteiger partial charge < -0.3 is 10.1 Å². The van der Waals surface area contributed by atoms with Gasteiger partial charge in [0.2, 0.25) is 0 Å². The Morgan fingerprint density at radius 1 is 1.24 bits per heavy atom. The lowest BCUT2D eigenvalue weighted by Gasteiger charge is -2.43. The van der Waals surface area contributed by atoms with Crippen molar-refractivity contribution in [2.75, 3.05) is 38.2 Å². The maximum absolute atomic E-state index is 14.4. The van der Waals surface area contributed by atoms with Gasteiger partial charge in [-0.15, -0.1) is 0 Å². The molecule has 2 aliphatic heterocycles. The number of fused-ring (bicyclic) bond motifs is 3. The van der Waals surface area contributed by atoms with E-state index in [1.807, 2.05) is 13.0 Å². The number of benzene rings is 1. The summed E-state index contributed by atoms with van der Waals surface area (Å²) in [5, 5.41) is 11.2. The summed E-state index contributed by atoms with van der Waals surface area (Å²) in [4.78, 5) is 8.22. The van der Waals surface area contributed by atoms with Crippen molar-refractivity contribution in [3.05, 3.63) is 47.4 Å². The normalized spacial score (nSPS) is 21.1. The lowest BCUT2D eigenvalue weighted by molar-refractivity contribution is -0.0547. The van der Waals surface area contributed by atoms with Gasteiger partial charge in [0.25, 0.3) is 5.92 Å². The second-order valence-corrected chi connectivity index (χ2v) is 10.3. The summed E-state index contributed by atoms with van der Waals surface area (Å²) in [6.45, 7) is 0.670. The molecular formula is C26H31F5N6O. The van der Waals surface area contributed by atoms with Gasteiger partial charge >= 0.3 is 6.61 Å². The highest BCUT2D eigenvalue weighted by atomic mass is 19.3. The van der Waals surface area contributed by atoms with Crippen LogP contribution in [0.2, 0.25) is 0 Å². The Labute approximate surface area is 217 Å². The highest BCUT2D eigenvalue weighted by molar-refractivity contribution is 5.83. The van der Waals surface area contributed by atoms with E-state index in [0.717, 1.165) is 23.4 Å². The number of anilines is 1. The van der Waals surface area contributed by atoms with Crippen molar-refractivity contribution in [3.63, 3.8) is 0 Å². The first kappa shape index (κ1) is 26.6. The van der Waals surface area contributed by atoms with Gasteiger partial charge in [0.1, 0.15) is 5.69 Å². The van der Waals surface area contributed by atoms with E-state index in [0.29, 0.717) is 43.7 Å². The number of ether oxygens (including phenoxy) is 1. The minimum atomic E-state index is -3.12. The number of nitrogens with zero attached hydrogens (tertiary/aromatic N) is 4. The van der Waals surface area contributed by atoms with E-state index in [9.17, 15) is 22.0 Å². The van der Waals surface area contributed by atoms with Gasteiger partial charge in [-0.1, -0.05) is 6.07 Å².